The smallest absolute Gasteiger partial charge is 0.239 e. The van der Waals surface area contributed by atoms with Gasteiger partial charge in [-0.2, -0.15) is 0 Å². The van der Waals surface area contributed by atoms with Gasteiger partial charge in [-0.15, -0.1) is 0 Å². The molecule has 26 heavy (non-hydrogen) atoms. The SMILES string of the molecule is O=C(CNC(=O)CC(c1ccccc1)C1CC1)NCCN1CCOCC1. The summed E-state index contributed by atoms with van der Waals surface area (Å²) >= 11 is 0. The van der Waals surface area contributed by atoms with E-state index in [4.69, 9.17) is 4.74 Å². The maximum Gasteiger partial charge on any atom is 0.239 e. The highest BCUT2D eigenvalue weighted by atomic mass is 16.5. The lowest BCUT2D eigenvalue weighted by molar-refractivity contribution is -0.126. The average Bonchev–Trinajstić information content (AvgIpc) is 3.51. The summed E-state index contributed by atoms with van der Waals surface area (Å²) in [7, 11) is 0. The van der Waals surface area contributed by atoms with Crippen LogP contribution in [0.5, 0.6) is 0 Å². The minimum absolute atomic E-state index is 0.0471. The summed E-state index contributed by atoms with van der Waals surface area (Å²) in [5.74, 6) is 0.689. The van der Waals surface area contributed by atoms with E-state index >= 15 is 0 Å². The lowest BCUT2D eigenvalue weighted by Crippen LogP contribution is -2.43. The molecule has 0 spiro atoms. The maximum absolute atomic E-state index is 12.3. The van der Waals surface area contributed by atoms with Crippen LogP contribution in [0, 0.1) is 5.92 Å². The molecule has 1 aromatic rings. The predicted octanol–water partition coefficient (Wildman–Crippen LogP) is 1.13. The highest BCUT2D eigenvalue weighted by Crippen LogP contribution is 2.44. The number of hydrogen-bond acceptors (Lipinski definition) is 4. The van der Waals surface area contributed by atoms with E-state index in [1.165, 1.54) is 18.4 Å². The van der Waals surface area contributed by atoms with Crippen LogP contribution >= 0.6 is 0 Å². The van der Waals surface area contributed by atoms with E-state index in [2.05, 4.69) is 27.7 Å². The van der Waals surface area contributed by atoms with E-state index in [-0.39, 0.29) is 24.3 Å². The van der Waals surface area contributed by atoms with Crippen LogP contribution in [-0.2, 0) is 14.3 Å². The zero-order valence-electron chi connectivity index (χ0n) is 15.3. The first-order valence-corrected chi connectivity index (χ1v) is 9.61. The number of hydrogen-bond donors (Lipinski definition) is 2. The first-order valence-electron chi connectivity index (χ1n) is 9.61. The lowest BCUT2D eigenvalue weighted by Gasteiger charge is -2.26. The Morgan fingerprint density at radius 3 is 2.50 bits per heavy atom. The number of morpholine rings is 1. The standard InChI is InChI=1S/C20H29N3O3/c24-19(14-18(17-6-7-17)16-4-2-1-3-5-16)22-15-20(25)21-8-9-23-10-12-26-13-11-23/h1-5,17-18H,6-15H2,(H,21,25)(H,22,24). The molecular formula is C20H29N3O3. The maximum atomic E-state index is 12.3. The highest BCUT2D eigenvalue weighted by Gasteiger charge is 2.33. The quantitative estimate of drug-likeness (QED) is 0.694. The minimum Gasteiger partial charge on any atom is -0.379 e. The number of carbonyl (C=O) groups excluding carboxylic acids is 2. The van der Waals surface area contributed by atoms with Crippen LogP contribution in [0.4, 0.5) is 0 Å². The van der Waals surface area contributed by atoms with Gasteiger partial charge >= 0.3 is 0 Å². The predicted molar refractivity (Wildman–Crippen MR) is 99.8 cm³/mol. The lowest BCUT2D eigenvalue weighted by atomic mass is 9.91. The number of benzene rings is 1. The first kappa shape index (κ1) is 18.9. The van der Waals surface area contributed by atoms with Crippen LogP contribution < -0.4 is 10.6 Å². The van der Waals surface area contributed by atoms with Crippen LogP contribution in [0.15, 0.2) is 30.3 Å². The van der Waals surface area contributed by atoms with Crippen molar-refractivity contribution in [3.8, 4) is 0 Å². The highest BCUT2D eigenvalue weighted by molar-refractivity contribution is 5.85. The van der Waals surface area contributed by atoms with Crippen LogP contribution in [0.25, 0.3) is 0 Å². The van der Waals surface area contributed by atoms with Crippen molar-refractivity contribution in [2.24, 2.45) is 5.92 Å². The Kier molecular flexibility index (Phi) is 7.03. The van der Waals surface area contributed by atoms with Gasteiger partial charge in [0.25, 0.3) is 0 Å². The van der Waals surface area contributed by atoms with Crippen molar-refractivity contribution < 1.29 is 14.3 Å². The molecular weight excluding hydrogens is 330 g/mol. The molecule has 1 unspecified atom stereocenters. The van der Waals surface area contributed by atoms with E-state index in [9.17, 15) is 9.59 Å². The molecule has 1 aliphatic heterocycles. The second-order valence-corrected chi connectivity index (χ2v) is 7.14. The summed E-state index contributed by atoms with van der Waals surface area (Å²) < 4.78 is 5.30. The topological polar surface area (TPSA) is 70.7 Å². The Balaban J connectivity index is 1.34. The van der Waals surface area contributed by atoms with Gasteiger partial charge in [0, 0.05) is 32.6 Å². The number of amides is 2. The summed E-state index contributed by atoms with van der Waals surface area (Å²) in [6, 6.07) is 10.2. The van der Waals surface area contributed by atoms with Gasteiger partial charge in [-0.3, -0.25) is 14.5 Å². The zero-order valence-corrected chi connectivity index (χ0v) is 15.3. The van der Waals surface area contributed by atoms with E-state index < -0.39 is 0 Å². The number of rotatable bonds is 9. The van der Waals surface area contributed by atoms with Gasteiger partial charge in [0.05, 0.1) is 19.8 Å². The van der Waals surface area contributed by atoms with Crippen molar-refractivity contribution in [1.82, 2.24) is 15.5 Å². The monoisotopic (exact) mass is 359 g/mol. The molecule has 1 aromatic carbocycles. The van der Waals surface area contributed by atoms with E-state index in [0.717, 1.165) is 32.8 Å². The third-order valence-electron chi connectivity index (χ3n) is 5.12. The average molecular weight is 359 g/mol. The molecule has 0 bridgehead atoms. The van der Waals surface area contributed by atoms with Crippen molar-refractivity contribution in [2.75, 3.05) is 45.9 Å². The number of ether oxygens (including phenoxy) is 1. The van der Waals surface area contributed by atoms with Gasteiger partial charge in [-0.1, -0.05) is 30.3 Å². The van der Waals surface area contributed by atoms with Crippen molar-refractivity contribution >= 4 is 11.8 Å². The number of carbonyl (C=O) groups is 2. The second kappa shape index (κ2) is 9.69. The molecule has 2 aliphatic rings. The van der Waals surface area contributed by atoms with Crippen molar-refractivity contribution in [3.05, 3.63) is 35.9 Å². The largest absolute Gasteiger partial charge is 0.379 e. The van der Waals surface area contributed by atoms with Crippen molar-refractivity contribution in [3.63, 3.8) is 0 Å². The molecule has 3 rings (SSSR count). The number of nitrogens with one attached hydrogen (secondary N) is 2. The van der Waals surface area contributed by atoms with Crippen molar-refractivity contribution in [1.29, 1.82) is 0 Å². The third-order valence-corrected chi connectivity index (χ3v) is 5.12. The molecule has 1 saturated heterocycles. The molecule has 142 valence electrons. The van der Waals surface area contributed by atoms with Gasteiger partial charge in [-0.25, -0.2) is 0 Å². The molecule has 0 radical (unpaired) electrons. The minimum atomic E-state index is -0.130. The Morgan fingerprint density at radius 2 is 1.81 bits per heavy atom. The molecule has 2 N–H and O–H groups in total. The van der Waals surface area contributed by atoms with E-state index in [0.29, 0.717) is 18.9 Å². The Morgan fingerprint density at radius 1 is 1.08 bits per heavy atom. The molecule has 1 aliphatic carbocycles. The molecule has 1 atom stereocenters. The van der Waals surface area contributed by atoms with Crippen LogP contribution in [0.3, 0.4) is 0 Å². The van der Waals surface area contributed by atoms with Gasteiger partial charge in [0.15, 0.2) is 0 Å². The molecule has 6 nitrogen and oxygen atoms in total. The molecule has 2 fully saturated rings. The molecule has 6 heteroatoms. The first-order chi connectivity index (χ1) is 12.7. The molecule has 1 heterocycles. The summed E-state index contributed by atoms with van der Waals surface area (Å²) in [4.78, 5) is 26.5. The van der Waals surface area contributed by atoms with Gasteiger partial charge in [0.1, 0.15) is 0 Å². The number of nitrogens with zero attached hydrogens (tertiary/aromatic N) is 1. The normalized spacial score (nSPS) is 18.9. The van der Waals surface area contributed by atoms with Crippen LogP contribution in [0.1, 0.15) is 30.7 Å². The Hall–Kier alpha value is -1.92. The van der Waals surface area contributed by atoms with E-state index in [1.807, 2.05) is 18.2 Å². The third kappa shape index (κ3) is 6.11. The summed E-state index contributed by atoms with van der Waals surface area (Å²) in [5, 5.41) is 5.64. The van der Waals surface area contributed by atoms with Gasteiger partial charge in [0.2, 0.25) is 11.8 Å². The summed E-state index contributed by atoms with van der Waals surface area (Å²) in [5.41, 5.74) is 1.22. The zero-order chi connectivity index (χ0) is 18.2. The Labute approximate surface area is 155 Å². The fourth-order valence-corrected chi connectivity index (χ4v) is 3.45. The fourth-order valence-electron chi connectivity index (χ4n) is 3.45. The Bertz CT molecular complexity index is 583. The second-order valence-electron chi connectivity index (χ2n) is 7.14. The van der Waals surface area contributed by atoms with E-state index in [1.54, 1.807) is 0 Å². The van der Waals surface area contributed by atoms with Gasteiger partial charge < -0.3 is 15.4 Å². The fraction of sp³-hybridized carbons (Fsp3) is 0.600. The van der Waals surface area contributed by atoms with Gasteiger partial charge in [-0.05, 0) is 30.2 Å². The molecule has 1 saturated carbocycles. The summed E-state index contributed by atoms with van der Waals surface area (Å²) in [6.07, 6.45) is 2.83. The summed E-state index contributed by atoms with van der Waals surface area (Å²) in [6.45, 7) is 4.81. The van der Waals surface area contributed by atoms with Crippen LogP contribution in [-0.4, -0.2) is 62.7 Å². The van der Waals surface area contributed by atoms with Crippen LogP contribution in [0.2, 0.25) is 0 Å². The van der Waals surface area contributed by atoms with Crippen molar-refractivity contribution in [2.45, 2.75) is 25.2 Å². The molecule has 0 aromatic heterocycles. The molecule has 2 amide bonds.